The topological polar surface area (TPSA) is 70.6 Å². The molecule has 0 saturated carbocycles. The number of nitrogens with one attached hydrogen (secondary N) is 2. The number of hydrogen-bond donors (Lipinski definition) is 3. The standard InChI is InChI=1S/C23H24N2O3S/c1-23(2,3)16-9-10-19(26)18(13-16)24-22(29)25-21(27)17-11-14-7-5-6-8-15(14)12-20(17)28-4/h5-13,26H,1-4H3,(H2,24,25,27,29). The molecule has 5 nitrogen and oxygen atoms in total. The summed E-state index contributed by atoms with van der Waals surface area (Å²) in [5, 5.41) is 17.7. The van der Waals surface area contributed by atoms with E-state index in [4.69, 9.17) is 17.0 Å². The Morgan fingerprint density at radius 3 is 2.31 bits per heavy atom. The monoisotopic (exact) mass is 408 g/mol. The van der Waals surface area contributed by atoms with E-state index >= 15 is 0 Å². The molecule has 0 atom stereocenters. The van der Waals surface area contributed by atoms with Crippen molar-refractivity contribution in [2.24, 2.45) is 0 Å². The van der Waals surface area contributed by atoms with Gasteiger partial charge in [-0.1, -0.05) is 51.1 Å². The highest BCUT2D eigenvalue weighted by molar-refractivity contribution is 7.80. The number of fused-ring (bicyclic) bond motifs is 1. The van der Waals surface area contributed by atoms with E-state index in [1.165, 1.54) is 7.11 Å². The second kappa shape index (κ2) is 8.09. The summed E-state index contributed by atoms with van der Waals surface area (Å²) in [5.74, 6) is 0.121. The summed E-state index contributed by atoms with van der Waals surface area (Å²) in [6, 6.07) is 16.6. The molecule has 0 aromatic heterocycles. The molecule has 29 heavy (non-hydrogen) atoms. The minimum absolute atomic E-state index is 0.0536. The Labute approximate surface area is 175 Å². The molecule has 3 rings (SSSR count). The van der Waals surface area contributed by atoms with Crippen molar-refractivity contribution >= 4 is 39.7 Å². The van der Waals surface area contributed by atoms with Crippen LogP contribution < -0.4 is 15.4 Å². The van der Waals surface area contributed by atoms with Crippen LogP contribution in [0.5, 0.6) is 11.5 Å². The second-order valence-electron chi connectivity index (χ2n) is 7.79. The lowest BCUT2D eigenvalue weighted by atomic mass is 9.87. The largest absolute Gasteiger partial charge is 0.506 e. The first-order chi connectivity index (χ1) is 13.7. The molecule has 6 heteroatoms. The van der Waals surface area contributed by atoms with Crippen LogP contribution in [0.2, 0.25) is 0 Å². The third kappa shape index (κ3) is 4.66. The number of rotatable bonds is 3. The van der Waals surface area contributed by atoms with Gasteiger partial charge in [-0.15, -0.1) is 0 Å². The molecular weight excluding hydrogens is 384 g/mol. The van der Waals surface area contributed by atoms with Gasteiger partial charge in [-0.25, -0.2) is 0 Å². The maximum atomic E-state index is 12.8. The number of benzene rings is 3. The van der Waals surface area contributed by atoms with E-state index < -0.39 is 5.91 Å². The first-order valence-corrected chi connectivity index (χ1v) is 9.62. The second-order valence-corrected chi connectivity index (χ2v) is 8.20. The fourth-order valence-electron chi connectivity index (χ4n) is 2.99. The highest BCUT2D eigenvalue weighted by Gasteiger charge is 2.18. The minimum atomic E-state index is -0.392. The molecule has 0 unspecified atom stereocenters. The maximum Gasteiger partial charge on any atom is 0.261 e. The van der Waals surface area contributed by atoms with E-state index in [1.807, 2.05) is 42.5 Å². The molecule has 0 radical (unpaired) electrons. The predicted molar refractivity (Wildman–Crippen MR) is 121 cm³/mol. The highest BCUT2D eigenvalue weighted by Crippen LogP contribution is 2.31. The molecular formula is C23H24N2O3S. The number of thiocarbonyl (C=S) groups is 1. The molecule has 3 N–H and O–H groups in total. The number of phenolic OH excluding ortho intramolecular Hbond substituents is 1. The normalized spacial score (nSPS) is 11.2. The Morgan fingerprint density at radius 1 is 1.03 bits per heavy atom. The summed E-state index contributed by atoms with van der Waals surface area (Å²) in [7, 11) is 1.52. The van der Waals surface area contributed by atoms with E-state index in [1.54, 1.807) is 12.1 Å². The molecule has 0 spiro atoms. The third-order valence-electron chi connectivity index (χ3n) is 4.65. The van der Waals surface area contributed by atoms with E-state index in [9.17, 15) is 9.90 Å². The van der Waals surface area contributed by atoms with E-state index in [0.717, 1.165) is 16.3 Å². The Hall–Kier alpha value is -3.12. The number of amides is 1. The van der Waals surface area contributed by atoms with Crippen molar-refractivity contribution < 1.29 is 14.6 Å². The van der Waals surface area contributed by atoms with Crippen molar-refractivity contribution in [3.8, 4) is 11.5 Å². The van der Waals surface area contributed by atoms with Gasteiger partial charge in [0.15, 0.2) is 5.11 Å². The minimum Gasteiger partial charge on any atom is -0.506 e. The Kier molecular flexibility index (Phi) is 5.75. The van der Waals surface area contributed by atoms with Crippen molar-refractivity contribution in [1.82, 2.24) is 5.32 Å². The number of phenols is 1. The van der Waals surface area contributed by atoms with E-state index in [2.05, 4.69) is 31.4 Å². The molecule has 3 aromatic carbocycles. The first kappa shape index (κ1) is 20.6. The fraction of sp³-hybridized carbons (Fsp3) is 0.217. The SMILES string of the molecule is COc1cc2ccccc2cc1C(=O)NC(=S)Nc1cc(C(C)(C)C)ccc1O. The predicted octanol–water partition coefficient (Wildman–Crippen LogP) is 4.98. The van der Waals surface area contributed by atoms with Crippen molar-refractivity contribution in [2.75, 3.05) is 12.4 Å². The van der Waals surface area contributed by atoms with Crippen molar-refractivity contribution in [1.29, 1.82) is 0 Å². The number of carbonyl (C=O) groups excluding carboxylic acids is 1. The summed E-state index contributed by atoms with van der Waals surface area (Å²) in [6.45, 7) is 6.24. The highest BCUT2D eigenvalue weighted by atomic mass is 32.1. The molecule has 0 saturated heterocycles. The molecule has 0 bridgehead atoms. The van der Waals surface area contributed by atoms with Gasteiger partial charge in [-0.05, 0) is 58.2 Å². The quantitative estimate of drug-likeness (QED) is 0.421. The zero-order chi connectivity index (χ0) is 21.2. The number of methoxy groups -OCH3 is 1. The fourth-order valence-corrected chi connectivity index (χ4v) is 3.20. The average molecular weight is 409 g/mol. The van der Waals surface area contributed by atoms with Crippen LogP contribution in [-0.4, -0.2) is 23.2 Å². The van der Waals surface area contributed by atoms with Gasteiger partial charge in [0.25, 0.3) is 5.91 Å². The zero-order valence-electron chi connectivity index (χ0n) is 16.9. The number of anilines is 1. The smallest absolute Gasteiger partial charge is 0.261 e. The van der Waals surface area contributed by atoms with Gasteiger partial charge >= 0.3 is 0 Å². The molecule has 0 fully saturated rings. The molecule has 0 aliphatic carbocycles. The lowest BCUT2D eigenvalue weighted by molar-refractivity contribution is 0.0975. The van der Waals surface area contributed by atoms with Crippen LogP contribution >= 0.6 is 12.2 Å². The molecule has 0 aliphatic heterocycles. The van der Waals surface area contributed by atoms with Crippen LogP contribution in [0.4, 0.5) is 5.69 Å². The summed E-state index contributed by atoms with van der Waals surface area (Å²) >= 11 is 5.29. The molecule has 0 heterocycles. The van der Waals surface area contributed by atoms with Crippen LogP contribution in [0.15, 0.2) is 54.6 Å². The Morgan fingerprint density at radius 2 is 1.69 bits per heavy atom. The summed E-state index contributed by atoms with van der Waals surface area (Å²) in [6.07, 6.45) is 0. The maximum absolute atomic E-state index is 12.8. The Bertz CT molecular complexity index is 1090. The van der Waals surface area contributed by atoms with Crippen LogP contribution in [0.25, 0.3) is 10.8 Å². The van der Waals surface area contributed by atoms with Gasteiger partial charge in [-0.3, -0.25) is 10.1 Å². The van der Waals surface area contributed by atoms with Crippen molar-refractivity contribution in [2.45, 2.75) is 26.2 Å². The summed E-state index contributed by atoms with van der Waals surface area (Å²) in [5.41, 5.74) is 1.76. The molecule has 3 aromatic rings. The number of ether oxygens (including phenoxy) is 1. The zero-order valence-corrected chi connectivity index (χ0v) is 17.7. The van der Waals surface area contributed by atoms with E-state index in [-0.39, 0.29) is 16.3 Å². The first-order valence-electron chi connectivity index (χ1n) is 9.21. The average Bonchev–Trinajstić information content (AvgIpc) is 2.67. The molecule has 0 aliphatic rings. The van der Waals surface area contributed by atoms with Gasteiger partial charge in [-0.2, -0.15) is 0 Å². The third-order valence-corrected chi connectivity index (χ3v) is 4.85. The molecule has 1 amide bonds. The summed E-state index contributed by atoms with van der Waals surface area (Å²) < 4.78 is 5.38. The lowest BCUT2D eigenvalue weighted by Crippen LogP contribution is -2.34. The van der Waals surface area contributed by atoms with Crippen LogP contribution in [0.1, 0.15) is 36.7 Å². The van der Waals surface area contributed by atoms with Crippen molar-refractivity contribution in [3.63, 3.8) is 0 Å². The van der Waals surface area contributed by atoms with Gasteiger partial charge < -0.3 is 15.2 Å². The van der Waals surface area contributed by atoms with Crippen LogP contribution in [0, 0.1) is 0 Å². The lowest BCUT2D eigenvalue weighted by Gasteiger charge is -2.21. The van der Waals surface area contributed by atoms with Gasteiger partial charge in [0.05, 0.1) is 18.4 Å². The number of aromatic hydroxyl groups is 1. The molecule has 150 valence electrons. The van der Waals surface area contributed by atoms with Gasteiger partial charge in [0.1, 0.15) is 11.5 Å². The Balaban J connectivity index is 1.81. The van der Waals surface area contributed by atoms with Gasteiger partial charge in [0.2, 0.25) is 0 Å². The number of hydrogen-bond acceptors (Lipinski definition) is 4. The summed E-state index contributed by atoms with van der Waals surface area (Å²) in [4.78, 5) is 12.8. The van der Waals surface area contributed by atoms with E-state index in [0.29, 0.717) is 17.0 Å². The van der Waals surface area contributed by atoms with Crippen molar-refractivity contribution in [3.05, 3.63) is 65.7 Å². The van der Waals surface area contributed by atoms with Crippen LogP contribution in [0.3, 0.4) is 0 Å². The number of carbonyl (C=O) groups is 1. The van der Waals surface area contributed by atoms with Crippen LogP contribution in [-0.2, 0) is 5.41 Å². The van der Waals surface area contributed by atoms with Gasteiger partial charge in [0, 0.05) is 0 Å².